The van der Waals surface area contributed by atoms with Crippen LogP contribution in [0.4, 0.5) is 5.69 Å². The third-order valence-electron chi connectivity index (χ3n) is 7.03. The molecule has 1 aliphatic heterocycles. The van der Waals surface area contributed by atoms with E-state index in [1.165, 1.54) is 0 Å². The van der Waals surface area contributed by atoms with Gasteiger partial charge in [-0.25, -0.2) is 4.98 Å². The normalized spacial score (nSPS) is 19.0. The number of unbranched alkanes of at least 4 members (excludes halogenated alkanes) is 1. The van der Waals surface area contributed by atoms with Gasteiger partial charge in [0, 0.05) is 30.5 Å². The van der Waals surface area contributed by atoms with E-state index >= 15 is 0 Å². The monoisotopic (exact) mass is 543 g/mol. The number of nitrogens with one attached hydrogen (secondary N) is 1. The van der Waals surface area contributed by atoms with E-state index in [4.69, 9.17) is 14.6 Å². The minimum atomic E-state index is -0.859. The van der Waals surface area contributed by atoms with Gasteiger partial charge in [0.25, 0.3) is 0 Å². The quantitative estimate of drug-likeness (QED) is 0.218. The molecule has 0 radical (unpaired) electrons. The average Bonchev–Trinajstić information content (AvgIpc) is 3.38. The Morgan fingerprint density at radius 1 is 0.950 bits per heavy atom. The van der Waals surface area contributed by atoms with Crippen molar-refractivity contribution in [3.63, 3.8) is 0 Å². The van der Waals surface area contributed by atoms with E-state index in [-0.39, 0.29) is 37.6 Å². The zero-order valence-electron chi connectivity index (χ0n) is 22.1. The van der Waals surface area contributed by atoms with E-state index in [9.17, 15) is 14.7 Å². The molecule has 208 valence electrons. The number of nitrogens with zero attached hydrogens (tertiary/aromatic N) is 2. The number of fused-ring (bicyclic) bond motifs is 1. The van der Waals surface area contributed by atoms with Crippen molar-refractivity contribution in [1.82, 2.24) is 9.55 Å². The van der Waals surface area contributed by atoms with Crippen LogP contribution in [0.5, 0.6) is 0 Å². The molecular formula is C31H33N3O6. The Kier molecular flexibility index (Phi) is 8.85. The van der Waals surface area contributed by atoms with Crippen molar-refractivity contribution in [1.29, 1.82) is 0 Å². The molecule has 1 aromatic heterocycles. The van der Waals surface area contributed by atoms with Crippen molar-refractivity contribution < 1.29 is 29.3 Å². The summed E-state index contributed by atoms with van der Waals surface area (Å²) >= 11 is 0. The van der Waals surface area contributed by atoms with Crippen LogP contribution < -0.4 is 5.32 Å². The van der Waals surface area contributed by atoms with Crippen LogP contribution in [0.25, 0.3) is 11.0 Å². The lowest BCUT2D eigenvalue weighted by molar-refractivity contribution is -0.252. The summed E-state index contributed by atoms with van der Waals surface area (Å²) in [6.45, 7) is 0.574. The zero-order chi connectivity index (χ0) is 27.9. The first kappa shape index (κ1) is 27.5. The molecule has 0 unspecified atom stereocenters. The van der Waals surface area contributed by atoms with Gasteiger partial charge in [-0.2, -0.15) is 0 Å². The number of aliphatic carboxylic acids is 1. The second kappa shape index (κ2) is 12.9. The fourth-order valence-electron chi connectivity index (χ4n) is 4.96. The largest absolute Gasteiger partial charge is 0.481 e. The third-order valence-corrected chi connectivity index (χ3v) is 7.03. The number of hydrogen-bond acceptors (Lipinski definition) is 6. The van der Waals surface area contributed by atoms with Gasteiger partial charge in [-0.05, 0) is 48.2 Å². The average molecular weight is 544 g/mol. The molecule has 3 N–H and O–H groups in total. The predicted molar refractivity (Wildman–Crippen MR) is 149 cm³/mol. The first-order valence-corrected chi connectivity index (χ1v) is 13.5. The first-order chi connectivity index (χ1) is 19.5. The third kappa shape index (κ3) is 6.93. The highest BCUT2D eigenvalue weighted by atomic mass is 16.7. The van der Waals surface area contributed by atoms with Crippen LogP contribution in [0, 0.1) is 0 Å². The molecule has 1 amide bonds. The minimum absolute atomic E-state index is 0.0219. The number of rotatable bonds is 11. The number of benzene rings is 3. The molecule has 0 bridgehead atoms. The SMILES string of the molecule is O=C(O)CCCCC(=O)Nc1cccc([C@@H]2O[C@H](Cn3cnc4ccccc43)C[C@H](c3ccc(CO)cc3)O2)c1. The van der Waals surface area contributed by atoms with E-state index in [0.29, 0.717) is 31.5 Å². The van der Waals surface area contributed by atoms with Gasteiger partial charge in [0.15, 0.2) is 6.29 Å². The summed E-state index contributed by atoms with van der Waals surface area (Å²) in [7, 11) is 0. The van der Waals surface area contributed by atoms with Crippen LogP contribution in [-0.2, 0) is 32.2 Å². The maximum atomic E-state index is 12.4. The van der Waals surface area contributed by atoms with Gasteiger partial charge in [-0.3, -0.25) is 9.59 Å². The standard InChI is InChI=1S/C31H33N3O6/c35-19-21-12-14-22(15-13-21)28-17-25(18-34-20-32-26-8-1-2-9-27(26)34)39-31(40-28)23-6-5-7-24(16-23)33-29(36)10-3-4-11-30(37)38/h1-2,5-9,12-16,20,25,28,31,35H,3-4,10-11,17-19H2,(H,33,36)(H,37,38)/t25-,28+,31+/m0/s1. The van der Waals surface area contributed by atoms with E-state index in [1.807, 2.05) is 79.1 Å². The molecule has 0 aliphatic carbocycles. The summed E-state index contributed by atoms with van der Waals surface area (Å²) in [6.07, 6.45) is 2.66. The lowest BCUT2D eigenvalue weighted by Crippen LogP contribution is -2.32. The number of anilines is 1. The number of carboxylic acids is 1. The van der Waals surface area contributed by atoms with Crippen LogP contribution in [0.2, 0.25) is 0 Å². The highest BCUT2D eigenvalue weighted by molar-refractivity contribution is 5.90. The molecule has 1 saturated heterocycles. The van der Waals surface area contributed by atoms with E-state index in [2.05, 4.69) is 14.9 Å². The molecule has 3 atom stereocenters. The number of aliphatic hydroxyl groups is 1. The first-order valence-electron chi connectivity index (χ1n) is 13.5. The molecule has 4 aromatic rings. The summed E-state index contributed by atoms with van der Waals surface area (Å²) in [5, 5.41) is 21.1. The molecular weight excluding hydrogens is 510 g/mol. The molecule has 9 heteroatoms. The Hall–Kier alpha value is -4.05. The molecule has 0 saturated carbocycles. The van der Waals surface area contributed by atoms with Gasteiger partial charge in [-0.15, -0.1) is 0 Å². The zero-order valence-corrected chi connectivity index (χ0v) is 22.1. The number of carbonyl (C=O) groups excluding carboxylic acids is 1. The van der Waals surface area contributed by atoms with Crippen molar-refractivity contribution >= 4 is 28.6 Å². The topological polar surface area (TPSA) is 123 Å². The summed E-state index contributed by atoms with van der Waals surface area (Å²) < 4.78 is 15.0. The van der Waals surface area contributed by atoms with E-state index in [1.54, 1.807) is 0 Å². The van der Waals surface area contributed by atoms with Gasteiger partial charge in [-0.1, -0.05) is 48.5 Å². The van der Waals surface area contributed by atoms with Crippen molar-refractivity contribution in [3.05, 3.63) is 95.8 Å². The number of amides is 1. The van der Waals surface area contributed by atoms with Gasteiger partial charge in [0.2, 0.25) is 5.91 Å². The number of para-hydroxylation sites is 2. The molecule has 40 heavy (non-hydrogen) atoms. The summed E-state index contributed by atoms with van der Waals surface area (Å²) in [5.41, 5.74) is 5.19. The second-order valence-electron chi connectivity index (χ2n) is 10.0. The van der Waals surface area contributed by atoms with Crippen LogP contribution in [-0.4, -0.2) is 37.7 Å². The maximum absolute atomic E-state index is 12.4. The van der Waals surface area contributed by atoms with Gasteiger partial charge in [0.1, 0.15) is 0 Å². The van der Waals surface area contributed by atoms with E-state index < -0.39 is 12.3 Å². The molecule has 1 fully saturated rings. The molecule has 5 rings (SSSR count). The predicted octanol–water partition coefficient (Wildman–Crippen LogP) is 5.36. The van der Waals surface area contributed by atoms with Crippen molar-refractivity contribution in [2.45, 2.75) is 63.8 Å². The molecule has 1 aliphatic rings. The van der Waals surface area contributed by atoms with E-state index in [0.717, 1.165) is 27.7 Å². The van der Waals surface area contributed by atoms with Gasteiger partial charge < -0.3 is 29.6 Å². The highest BCUT2D eigenvalue weighted by Gasteiger charge is 2.32. The summed E-state index contributed by atoms with van der Waals surface area (Å²) in [5.74, 6) is -1.03. The Labute approximate surface area is 232 Å². The lowest BCUT2D eigenvalue weighted by Gasteiger charge is -2.36. The molecule has 3 aromatic carbocycles. The van der Waals surface area contributed by atoms with Crippen LogP contribution in [0.1, 0.15) is 61.2 Å². The number of carboxylic acid groups (broad SMARTS) is 1. The number of imidazole rings is 1. The van der Waals surface area contributed by atoms with Gasteiger partial charge in [0.05, 0.1) is 42.7 Å². The number of aromatic nitrogens is 2. The smallest absolute Gasteiger partial charge is 0.303 e. The number of ether oxygens (including phenoxy) is 2. The Bertz CT molecular complexity index is 1450. The van der Waals surface area contributed by atoms with Crippen molar-refractivity contribution in [2.75, 3.05) is 5.32 Å². The number of carbonyl (C=O) groups is 2. The maximum Gasteiger partial charge on any atom is 0.303 e. The Morgan fingerprint density at radius 3 is 2.55 bits per heavy atom. The fraction of sp³-hybridized carbons (Fsp3) is 0.323. The fourth-order valence-corrected chi connectivity index (χ4v) is 4.96. The van der Waals surface area contributed by atoms with Crippen molar-refractivity contribution in [3.8, 4) is 0 Å². The molecule has 0 spiro atoms. The summed E-state index contributed by atoms with van der Waals surface area (Å²) in [4.78, 5) is 27.6. The lowest BCUT2D eigenvalue weighted by atomic mass is 10.00. The minimum Gasteiger partial charge on any atom is -0.481 e. The van der Waals surface area contributed by atoms with Crippen LogP contribution in [0.3, 0.4) is 0 Å². The number of hydrogen-bond donors (Lipinski definition) is 3. The van der Waals surface area contributed by atoms with Crippen LogP contribution >= 0.6 is 0 Å². The Morgan fingerprint density at radius 2 is 1.75 bits per heavy atom. The number of aliphatic hydroxyl groups excluding tert-OH is 1. The Balaban J connectivity index is 1.33. The highest BCUT2D eigenvalue weighted by Crippen LogP contribution is 2.39. The second-order valence-corrected chi connectivity index (χ2v) is 10.0. The van der Waals surface area contributed by atoms with Crippen molar-refractivity contribution in [2.24, 2.45) is 0 Å². The van der Waals surface area contributed by atoms with Crippen LogP contribution in [0.15, 0.2) is 79.1 Å². The van der Waals surface area contributed by atoms with Gasteiger partial charge >= 0.3 is 5.97 Å². The molecule has 2 heterocycles. The summed E-state index contributed by atoms with van der Waals surface area (Å²) in [6, 6.07) is 23.1. The molecule has 9 nitrogen and oxygen atoms in total.